The van der Waals surface area contributed by atoms with E-state index in [0.717, 1.165) is 124 Å². The van der Waals surface area contributed by atoms with Crippen LogP contribution < -0.4 is 19.1 Å². The number of fused-ring (bicyclic) bond motifs is 2. The molecule has 1 aromatic heterocycles. The summed E-state index contributed by atoms with van der Waals surface area (Å²) in [6, 6.07) is 48.7. The van der Waals surface area contributed by atoms with Crippen LogP contribution in [0.15, 0.2) is 213 Å². The highest BCUT2D eigenvalue weighted by atomic mass is 79.9. The predicted octanol–water partition coefficient (Wildman–Crippen LogP) is 20.9. The van der Waals surface area contributed by atoms with E-state index in [2.05, 4.69) is 33.6 Å². The van der Waals surface area contributed by atoms with Crippen LogP contribution >= 0.6 is 86.2 Å². The van der Waals surface area contributed by atoms with Gasteiger partial charge in [0.2, 0.25) is 23.6 Å². The lowest BCUT2D eigenvalue weighted by molar-refractivity contribution is -0.131. The molecule has 0 atom stereocenters. The van der Waals surface area contributed by atoms with E-state index < -0.39 is 0 Å². The number of anilines is 1. The fraction of sp³-hybridized carbons (Fsp3) is 0.296. The van der Waals surface area contributed by atoms with E-state index in [4.69, 9.17) is 37.4 Å². The Balaban J connectivity index is 0.000000194. The van der Waals surface area contributed by atoms with Crippen LogP contribution in [-0.2, 0) is 45.2 Å². The fourth-order valence-corrected chi connectivity index (χ4v) is 15.1. The third-order valence-corrected chi connectivity index (χ3v) is 21.3. The molecule has 10 rings (SSSR count). The Morgan fingerprint density at radius 2 is 1.00 bits per heavy atom. The molecule has 1 aliphatic heterocycles. The number of amides is 4. The zero-order chi connectivity index (χ0) is 74.9. The van der Waals surface area contributed by atoms with Gasteiger partial charge in [0.15, 0.2) is 0 Å². The Morgan fingerprint density at radius 3 is 1.47 bits per heavy atom. The third-order valence-electron chi connectivity index (χ3n) is 16.0. The van der Waals surface area contributed by atoms with Gasteiger partial charge in [-0.15, -0.1) is 47.0 Å². The quantitative estimate of drug-likeness (QED) is 0.0178. The average Bonchev–Trinajstić information content (AvgIpc) is 0.874. The van der Waals surface area contributed by atoms with Gasteiger partial charge in [-0.2, -0.15) is 0 Å². The number of halogens is 7. The molecule has 8 aromatic carbocycles. The molecule has 0 saturated heterocycles. The molecular formula is C81H86BrCl2F4N5O7S4. The minimum absolute atomic E-state index is 0.0450. The van der Waals surface area contributed by atoms with Crippen LogP contribution in [0, 0.1) is 30.2 Å². The van der Waals surface area contributed by atoms with Gasteiger partial charge in [0.05, 0.1) is 13.7 Å². The molecule has 0 fully saturated rings. The van der Waals surface area contributed by atoms with Crippen molar-refractivity contribution in [2.75, 3.05) is 76.4 Å². The molecule has 12 nitrogen and oxygen atoms in total. The monoisotopic (exact) mass is 1590 g/mol. The first kappa shape index (κ1) is 83.6. The summed E-state index contributed by atoms with van der Waals surface area (Å²) < 4.78 is 69.4. The van der Waals surface area contributed by atoms with Crippen molar-refractivity contribution in [3.63, 3.8) is 0 Å². The zero-order valence-corrected chi connectivity index (χ0v) is 65.5. The van der Waals surface area contributed by atoms with E-state index in [-0.39, 0.29) is 46.9 Å². The number of thioether (sulfide) groups is 4. The third kappa shape index (κ3) is 28.3. The number of aromatic nitrogens is 1. The molecule has 0 saturated carbocycles. The summed E-state index contributed by atoms with van der Waals surface area (Å²) >= 11 is 22.2. The van der Waals surface area contributed by atoms with Crippen LogP contribution in [0.3, 0.4) is 0 Å². The topological polar surface area (TPSA) is 122 Å². The van der Waals surface area contributed by atoms with Gasteiger partial charge in [0.1, 0.15) is 52.9 Å². The minimum Gasteiger partial charge on any atom is -0.496 e. The molecule has 23 heteroatoms. The van der Waals surface area contributed by atoms with Crippen molar-refractivity contribution >= 4 is 126 Å². The number of aryl methyl sites for hydroxylation is 1. The maximum Gasteiger partial charge on any atom is 0.227 e. The van der Waals surface area contributed by atoms with Crippen molar-refractivity contribution in [2.24, 2.45) is 0 Å². The van der Waals surface area contributed by atoms with E-state index in [1.807, 2.05) is 68.6 Å². The van der Waals surface area contributed by atoms with Crippen molar-refractivity contribution in [3.05, 3.63) is 254 Å². The van der Waals surface area contributed by atoms with E-state index in [1.165, 1.54) is 54.1 Å². The Kier molecular flexibility index (Phi) is 35.7. The van der Waals surface area contributed by atoms with Gasteiger partial charge in [0.25, 0.3) is 0 Å². The highest BCUT2D eigenvalue weighted by Gasteiger charge is 2.22. The SMILES string of the molecule is C=CCOc1ccc(Cl)cc1CN(C)C(=O)CCCSc1ccc(F)cc1.CN(C(=O)CCCSc1ccc(F)cc1)c1nccc2ccccc12.CN(Cc1cc(Br)cc2c1OCC2)C(=O)CCCSc1ccc(F)cc1.COc1c(C)cc(Cl)cc1CN(C)C(=O)CCCSc1ccc(F)cc1. The average molecular weight is 1600 g/mol. The van der Waals surface area contributed by atoms with Gasteiger partial charge >= 0.3 is 0 Å². The lowest BCUT2D eigenvalue weighted by Gasteiger charge is -2.20. The molecule has 0 aliphatic carbocycles. The molecule has 2 heterocycles. The van der Waals surface area contributed by atoms with Crippen LogP contribution in [0.2, 0.25) is 10.0 Å². The van der Waals surface area contributed by atoms with E-state index >= 15 is 0 Å². The maximum absolute atomic E-state index is 12.9. The second kappa shape index (κ2) is 44.4. The Morgan fingerprint density at radius 1 is 0.558 bits per heavy atom. The molecule has 550 valence electrons. The summed E-state index contributed by atoms with van der Waals surface area (Å²) in [5.41, 5.74) is 4.95. The molecule has 0 bridgehead atoms. The van der Waals surface area contributed by atoms with E-state index in [1.54, 1.807) is 168 Å². The summed E-state index contributed by atoms with van der Waals surface area (Å²) in [5.74, 6) is 5.70. The van der Waals surface area contributed by atoms with Crippen molar-refractivity contribution in [1.82, 2.24) is 19.7 Å². The molecule has 1 aliphatic rings. The molecule has 0 radical (unpaired) electrons. The van der Waals surface area contributed by atoms with Crippen molar-refractivity contribution in [1.29, 1.82) is 0 Å². The molecule has 104 heavy (non-hydrogen) atoms. The van der Waals surface area contributed by atoms with Crippen molar-refractivity contribution in [3.8, 4) is 17.2 Å². The fourth-order valence-electron chi connectivity index (χ4n) is 10.7. The van der Waals surface area contributed by atoms with Crippen molar-refractivity contribution in [2.45, 2.75) is 104 Å². The summed E-state index contributed by atoms with van der Waals surface area (Å²) in [7, 11) is 8.77. The molecule has 9 aromatic rings. The van der Waals surface area contributed by atoms with E-state index in [9.17, 15) is 36.7 Å². The summed E-state index contributed by atoms with van der Waals surface area (Å²) in [5, 5.41) is 3.28. The largest absolute Gasteiger partial charge is 0.496 e. The Labute approximate surface area is 644 Å². The summed E-state index contributed by atoms with van der Waals surface area (Å²) in [6.07, 6.45) is 9.25. The first-order valence-corrected chi connectivity index (χ1v) is 39.2. The lowest BCUT2D eigenvalue weighted by Crippen LogP contribution is -2.27. The number of benzene rings is 8. The first-order valence-electron chi connectivity index (χ1n) is 33.7. The van der Waals surface area contributed by atoms with Crippen LogP contribution in [0.4, 0.5) is 23.4 Å². The first-order chi connectivity index (χ1) is 50.1. The number of ether oxygens (including phenoxy) is 3. The number of carbonyl (C=O) groups is 4. The Bertz CT molecular complexity index is 4160. The smallest absolute Gasteiger partial charge is 0.227 e. The van der Waals surface area contributed by atoms with E-state index in [0.29, 0.717) is 80.1 Å². The van der Waals surface area contributed by atoms with Crippen LogP contribution in [0.5, 0.6) is 17.2 Å². The number of hydrogen-bond donors (Lipinski definition) is 0. The molecule has 4 amide bonds. The number of hydrogen-bond acceptors (Lipinski definition) is 12. The number of rotatable bonds is 31. The highest BCUT2D eigenvalue weighted by molar-refractivity contribution is 9.10. The minimum atomic E-state index is -0.242. The molecule has 0 N–H and O–H groups in total. The standard InChI is InChI=1S/C21H23ClFNO2S.C20H21BrFNO2S.C20H23ClFNO2S.C20H19FN2OS/c1-3-12-26-20-11-6-17(22)14-16(20)15-24(2)21(25)5-4-13-27-19-9-7-18(23)8-10-19;1-23(13-15-12-16(21)11-14-8-9-25-20(14)15)19(24)3-2-10-26-18-6-4-17(22)5-7-18;1-14-11-16(21)12-15(20(14)25-3)13-23(2)19(24)5-4-10-26-18-8-6-17(22)7-9-18;1-23(20-18-6-3-2-5-15(18)12-13-22-20)19(24)7-4-14-25-17-10-8-16(21)9-11-17/h3,6-11,14H,1,4-5,12-13,15H2,2H3;4-7,11-12H,2-3,8-10,13H2,1H3;6-9,11-12H,4-5,10,13H2,1-3H3;2-3,5-6,8-13H,4,7,14H2,1H3. The van der Waals surface area contributed by atoms with Gasteiger partial charge in [-0.1, -0.05) is 76.1 Å². The molecule has 0 spiro atoms. The Hall–Kier alpha value is -7.63. The van der Waals surface area contributed by atoms with Gasteiger partial charge < -0.3 is 28.9 Å². The summed E-state index contributed by atoms with van der Waals surface area (Å²) in [4.78, 5) is 64.8. The molecular weight excluding hydrogens is 1510 g/mol. The second-order valence-electron chi connectivity index (χ2n) is 24.1. The number of pyridine rings is 1. The van der Waals surface area contributed by atoms with Crippen LogP contribution in [-0.4, -0.2) is 115 Å². The lowest BCUT2D eigenvalue weighted by atomic mass is 10.1. The van der Waals surface area contributed by atoms with Crippen LogP contribution in [0.1, 0.15) is 79.2 Å². The highest BCUT2D eigenvalue weighted by Crippen LogP contribution is 2.35. The number of carbonyl (C=O) groups excluding carboxylic acids is 4. The van der Waals surface area contributed by atoms with Crippen molar-refractivity contribution < 1.29 is 51.0 Å². The number of nitrogens with zero attached hydrogens (tertiary/aromatic N) is 5. The molecule has 0 unspecified atom stereocenters. The van der Waals surface area contributed by atoms with Gasteiger partial charge in [-0.05, 0) is 218 Å². The van der Waals surface area contributed by atoms with Gasteiger partial charge in [-0.25, -0.2) is 22.5 Å². The zero-order valence-electron chi connectivity index (χ0n) is 59.1. The normalized spacial score (nSPS) is 11.1. The van der Waals surface area contributed by atoms with Gasteiger partial charge in [-0.3, -0.25) is 24.1 Å². The van der Waals surface area contributed by atoms with Crippen LogP contribution in [0.25, 0.3) is 10.8 Å². The maximum atomic E-state index is 12.9. The van der Waals surface area contributed by atoms with Gasteiger partial charge in [0, 0.05) is 142 Å². The number of methoxy groups -OCH3 is 1. The predicted molar refractivity (Wildman–Crippen MR) is 423 cm³/mol. The summed E-state index contributed by atoms with van der Waals surface area (Å²) in [6.45, 7) is 8.11. The second-order valence-corrected chi connectivity index (χ2v) is 30.6.